The molecule has 0 spiro atoms. The molecule has 0 saturated carbocycles. The second-order valence-electron chi connectivity index (χ2n) is 5.43. The molecule has 0 fully saturated rings. The van der Waals surface area contributed by atoms with E-state index in [-0.39, 0.29) is 6.54 Å². The Labute approximate surface area is 119 Å². The lowest BCUT2D eigenvalue weighted by molar-refractivity contribution is -0.141. The van der Waals surface area contributed by atoms with Crippen LogP contribution in [0, 0.1) is 0 Å². The van der Waals surface area contributed by atoms with E-state index < -0.39 is 30.1 Å². The normalized spacial score (nSPS) is 10.8. The van der Waals surface area contributed by atoms with Crippen molar-refractivity contribution in [3.05, 3.63) is 0 Å². The number of nitrogens with zero attached hydrogens (tertiary/aromatic N) is 2. The van der Waals surface area contributed by atoms with Gasteiger partial charge in [-0.15, -0.1) is 0 Å². The minimum absolute atomic E-state index is 0.185. The van der Waals surface area contributed by atoms with E-state index >= 15 is 0 Å². The number of carbonyl (C=O) groups is 3. The molecule has 0 unspecified atom stereocenters. The van der Waals surface area contributed by atoms with Crippen molar-refractivity contribution in [3.8, 4) is 0 Å². The van der Waals surface area contributed by atoms with Gasteiger partial charge in [-0.1, -0.05) is 6.92 Å². The fourth-order valence-corrected chi connectivity index (χ4v) is 1.63. The average molecular weight is 288 g/mol. The van der Waals surface area contributed by atoms with Crippen LogP contribution >= 0.6 is 0 Å². The lowest BCUT2D eigenvalue weighted by atomic mass is 10.1. The van der Waals surface area contributed by atoms with Gasteiger partial charge in [-0.05, 0) is 27.2 Å². The minimum Gasteiger partial charge on any atom is -0.480 e. The molecule has 0 heterocycles. The molecule has 0 aliphatic rings. The molecule has 0 aliphatic carbocycles. The van der Waals surface area contributed by atoms with E-state index in [4.69, 9.17) is 5.11 Å². The molecule has 0 aliphatic heterocycles. The predicted molar refractivity (Wildman–Crippen MR) is 73.4 cm³/mol. The summed E-state index contributed by atoms with van der Waals surface area (Å²) >= 11 is 0. The summed E-state index contributed by atoms with van der Waals surface area (Å²) in [6.45, 7) is 6.87. The highest BCUT2D eigenvalue weighted by Crippen LogP contribution is 2.16. The summed E-state index contributed by atoms with van der Waals surface area (Å²) in [5, 5.41) is 8.93. The molecular formula is C13H24N2O5. The van der Waals surface area contributed by atoms with Crippen LogP contribution in [0.1, 0.15) is 34.1 Å². The number of ether oxygens (including phenoxy) is 1. The number of hydrogen-bond donors (Lipinski definition) is 1. The molecule has 0 aromatic rings. The SMILES string of the molecule is CCCN(CC(=O)OC)C(=O)N(CC(=O)O)C(C)(C)C. The highest BCUT2D eigenvalue weighted by molar-refractivity contribution is 5.84. The first-order valence-corrected chi connectivity index (χ1v) is 6.48. The zero-order valence-electron chi connectivity index (χ0n) is 12.8. The summed E-state index contributed by atoms with van der Waals surface area (Å²) < 4.78 is 4.56. The van der Waals surface area contributed by atoms with Crippen LogP contribution in [0.25, 0.3) is 0 Å². The third kappa shape index (κ3) is 5.90. The van der Waals surface area contributed by atoms with Crippen molar-refractivity contribution >= 4 is 18.0 Å². The van der Waals surface area contributed by atoms with Crippen LogP contribution in [-0.4, -0.2) is 65.2 Å². The number of hydrogen-bond acceptors (Lipinski definition) is 4. The summed E-state index contributed by atoms with van der Waals surface area (Å²) in [6, 6.07) is -0.479. The topological polar surface area (TPSA) is 87.2 Å². The van der Waals surface area contributed by atoms with Crippen LogP contribution in [0.5, 0.6) is 0 Å². The first-order valence-electron chi connectivity index (χ1n) is 6.48. The van der Waals surface area contributed by atoms with E-state index in [1.807, 2.05) is 6.92 Å². The predicted octanol–water partition coefficient (Wildman–Crippen LogP) is 1.18. The first kappa shape index (κ1) is 18.2. The molecular weight excluding hydrogens is 264 g/mol. The molecule has 0 aromatic carbocycles. The highest BCUT2D eigenvalue weighted by atomic mass is 16.5. The van der Waals surface area contributed by atoms with Crippen molar-refractivity contribution in [2.45, 2.75) is 39.7 Å². The largest absolute Gasteiger partial charge is 0.480 e. The highest BCUT2D eigenvalue weighted by Gasteiger charge is 2.32. The number of amides is 2. The fourth-order valence-electron chi connectivity index (χ4n) is 1.63. The molecule has 0 rings (SSSR count). The van der Waals surface area contributed by atoms with Gasteiger partial charge in [-0.25, -0.2) is 4.79 Å². The molecule has 116 valence electrons. The van der Waals surface area contributed by atoms with Gasteiger partial charge in [0.05, 0.1) is 7.11 Å². The van der Waals surface area contributed by atoms with E-state index in [2.05, 4.69) is 4.74 Å². The van der Waals surface area contributed by atoms with Gasteiger partial charge in [0.2, 0.25) is 0 Å². The molecule has 0 radical (unpaired) electrons. The van der Waals surface area contributed by atoms with E-state index in [1.165, 1.54) is 16.9 Å². The average Bonchev–Trinajstić information content (AvgIpc) is 2.32. The number of rotatable bonds is 6. The number of methoxy groups -OCH3 is 1. The van der Waals surface area contributed by atoms with Crippen molar-refractivity contribution in [2.24, 2.45) is 0 Å². The Bertz CT molecular complexity index is 362. The van der Waals surface area contributed by atoms with E-state index in [9.17, 15) is 14.4 Å². The zero-order chi connectivity index (χ0) is 15.9. The number of carboxylic acid groups (broad SMARTS) is 1. The van der Waals surface area contributed by atoms with Gasteiger partial charge < -0.3 is 19.6 Å². The second kappa shape index (κ2) is 7.72. The third-order valence-electron chi connectivity index (χ3n) is 2.65. The second-order valence-corrected chi connectivity index (χ2v) is 5.43. The quantitative estimate of drug-likeness (QED) is 0.741. The van der Waals surface area contributed by atoms with Crippen molar-refractivity contribution in [2.75, 3.05) is 26.7 Å². The third-order valence-corrected chi connectivity index (χ3v) is 2.65. The van der Waals surface area contributed by atoms with Gasteiger partial charge >= 0.3 is 18.0 Å². The lowest BCUT2D eigenvalue weighted by Crippen LogP contribution is -2.54. The van der Waals surface area contributed by atoms with Crippen LogP contribution in [0.3, 0.4) is 0 Å². The Morgan fingerprint density at radius 1 is 1.15 bits per heavy atom. The van der Waals surface area contributed by atoms with Crippen LogP contribution < -0.4 is 0 Å². The van der Waals surface area contributed by atoms with Gasteiger partial charge in [0.15, 0.2) is 0 Å². The summed E-state index contributed by atoms with van der Waals surface area (Å²) in [7, 11) is 1.25. The Kier molecular flexibility index (Phi) is 7.02. The first-order chi connectivity index (χ1) is 9.13. The molecule has 7 heteroatoms. The van der Waals surface area contributed by atoms with Crippen molar-refractivity contribution in [1.82, 2.24) is 9.80 Å². The van der Waals surface area contributed by atoms with Gasteiger partial charge in [0, 0.05) is 12.1 Å². The fraction of sp³-hybridized carbons (Fsp3) is 0.769. The summed E-state index contributed by atoms with van der Waals surface area (Å²) in [4.78, 5) is 37.2. The zero-order valence-corrected chi connectivity index (χ0v) is 12.8. The minimum atomic E-state index is -1.09. The summed E-state index contributed by atoms with van der Waals surface area (Å²) in [6.07, 6.45) is 0.661. The maximum absolute atomic E-state index is 12.4. The number of carbonyl (C=O) groups excluding carboxylic acids is 2. The monoisotopic (exact) mass is 288 g/mol. The molecule has 0 bridgehead atoms. The number of aliphatic carboxylic acids is 1. The van der Waals surface area contributed by atoms with Crippen LogP contribution in [-0.2, 0) is 14.3 Å². The van der Waals surface area contributed by atoms with E-state index in [0.717, 1.165) is 0 Å². The van der Waals surface area contributed by atoms with Crippen LogP contribution in [0.4, 0.5) is 4.79 Å². The maximum atomic E-state index is 12.4. The van der Waals surface area contributed by atoms with Gasteiger partial charge in [-0.3, -0.25) is 9.59 Å². The van der Waals surface area contributed by atoms with Crippen LogP contribution in [0.2, 0.25) is 0 Å². The lowest BCUT2D eigenvalue weighted by Gasteiger charge is -2.38. The molecule has 7 nitrogen and oxygen atoms in total. The molecule has 0 atom stereocenters. The number of urea groups is 1. The summed E-state index contributed by atoms with van der Waals surface area (Å²) in [5.74, 6) is -1.63. The van der Waals surface area contributed by atoms with Crippen molar-refractivity contribution < 1.29 is 24.2 Å². The molecule has 2 amide bonds. The van der Waals surface area contributed by atoms with Gasteiger partial charge in [0.1, 0.15) is 13.1 Å². The Morgan fingerprint density at radius 3 is 2.05 bits per heavy atom. The molecule has 0 aromatic heterocycles. The number of carboxylic acids is 1. The van der Waals surface area contributed by atoms with Crippen molar-refractivity contribution in [3.63, 3.8) is 0 Å². The molecule has 0 saturated heterocycles. The van der Waals surface area contributed by atoms with E-state index in [1.54, 1.807) is 20.8 Å². The van der Waals surface area contributed by atoms with Gasteiger partial charge in [0.25, 0.3) is 0 Å². The van der Waals surface area contributed by atoms with E-state index in [0.29, 0.717) is 13.0 Å². The molecule has 20 heavy (non-hydrogen) atoms. The Hall–Kier alpha value is -1.79. The smallest absolute Gasteiger partial charge is 0.325 e. The van der Waals surface area contributed by atoms with Crippen molar-refractivity contribution in [1.29, 1.82) is 0 Å². The Balaban J connectivity index is 5.14. The standard InChI is InChI=1S/C13H24N2O5/c1-6-7-14(9-11(18)20-5)12(19)15(8-10(16)17)13(2,3)4/h6-9H2,1-5H3,(H,16,17). The van der Waals surface area contributed by atoms with Crippen LogP contribution in [0.15, 0.2) is 0 Å². The Morgan fingerprint density at radius 2 is 1.70 bits per heavy atom. The maximum Gasteiger partial charge on any atom is 0.325 e. The number of esters is 1. The molecule has 1 N–H and O–H groups in total. The summed E-state index contributed by atoms with van der Waals surface area (Å²) in [5.41, 5.74) is -0.655. The van der Waals surface area contributed by atoms with Gasteiger partial charge in [-0.2, -0.15) is 0 Å².